The summed E-state index contributed by atoms with van der Waals surface area (Å²) in [6.45, 7) is 13.8. The van der Waals surface area contributed by atoms with E-state index >= 15 is 0 Å². The summed E-state index contributed by atoms with van der Waals surface area (Å²) >= 11 is 6.85. The van der Waals surface area contributed by atoms with Crippen LogP contribution in [0.3, 0.4) is 0 Å². The Kier molecular flexibility index (Phi) is 4.82. The van der Waals surface area contributed by atoms with Gasteiger partial charge < -0.3 is 4.42 Å². The van der Waals surface area contributed by atoms with E-state index < -0.39 is 5.41 Å². The lowest BCUT2D eigenvalue weighted by molar-refractivity contribution is 0.586. The normalized spacial score (nSPS) is 14.9. The lowest BCUT2D eigenvalue weighted by Crippen LogP contribution is -2.27. The average molecular weight is 553 g/mol. The molecule has 6 aromatic rings. The van der Waals surface area contributed by atoms with Gasteiger partial charge in [0.25, 0.3) is 0 Å². The van der Waals surface area contributed by atoms with E-state index in [-0.39, 0.29) is 10.8 Å². The predicted octanol–water partition coefficient (Wildman–Crippen LogP) is 11.2. The highest BCUT2D eigenvalue weighted by molar-refractivity contribution is 6.31. The number of hydrogen-bond acceptors (Lipinski definition) is 1. The predicted molar refractivity (Wildman–Crippen MR) is 172 cm³/mol. The molecule has 1 aromatic heterocycles. The molecule has 2 aliphatic rings. The molecule has 0 saturated heterocycles. The lowest BCUT2D eigenvalue weighted by Gasteiger charge is -2.32. The minimum Gasteiger partial charge on any atom is -0.455 e. The van der Waals surface area contributed by atoms with Crippen LogP contribution in [0.2, 0.25) is 5.02 Å². The molecule has 2 aliphatic carbocycles. The molecule has 0 unspecified atom stereocenters. The molecule has 0 aliphatic heterocycles. The van der Waals surface area contributed by atoms with Gasteiger partial charge in [-0.1, -0.05) is 126 Å². The average Bonchev–Trinajstić information content (AvgIpc) is 3.54. The molecule has 0 N–H and O–H groups in total. The fourth-order valence-corrected chi connectivity index (χ4v) is 7.57. The molecule has 5 aromatic carbocycles. The van der Waals surface area contributed by atoms with Crippen LogP contribution in [0.25, 0.3) is 44.2 Å². The molecule has 0 atom stereocenters. The van der Waals surface area contributed by atoms with Crippen LogP contribution in [0.5, 0.6) is 0 Å². The Morgan fingerprint density at radius 3 is 1.78 bits per heavy atom. The topological polar surface area (TPSA) is 13.1 Å². The lowest BCUT2D eigenvalue weighted by atomic mass is 9.69. The monoisotopic (exact) mass is 552 g/mol. The van der Waals surface area contributed by atoms with Gasteiger partial charge in [-0.3, -0.25) is 0 Å². The molecule has 1 nitrogen and oxygen atoms in total. The van der Waals surface area contributed by atoms with Crippen molar-refractivity contribution in [2.24, 2.45) is 0 Å². The van der Waals surface area contributed by atoms with Crippen molar-refractivity contribution in [2.45, 2.75) is 57.8 Å². The zero-order chi connectivity index (χ0) is 28.5. The van der Waals surface area contributed by atoms with Crippen molar-refractivity contribution in [1.29, 1.82) is 0 Å². The Bertz CT molecular complexity index is 2010. The van der Waals surface area contributed by atoms with Crippen molar-refractivity contribution in [1.82, 2.24) is 0 Å². The number of furan rings is 1. The molecule has 202 valence electrons. The Hall–Kier alpha value is -3.81. The summed E-state index contributed by atoms with van der Waals surface area (Å²) in [5, 5.41) is 3.06. The highest BCUT2D eigenvalue weighted by Gasteiger charge is 2.53. The maximum absolute atomic E-state index is 6.85. The van der Waals surface area contributed by atoms with E-state index in [9.17, 15) is 0 Å². The molecule has 1 spiro atoms. The minimum absolute atomic E-state index is 0.0167. The molecule has 0 bridgehead atoms. The molecule has 0 amide bonds. The van der Waals surface area contributed by atoms with Crippen LogP contribution >= 0.6 is 11.6 Å². The molecule has 0 fully saturated rings. The van der Waals surface area contributed by atoms with Crippen LogP contribution < -0.4 is 0 Å². The zero-order valence-corrected chi connectivity index (χ0v) is 25.2. The second kappa shape index (κ2) is 7.93. The van der Waals surface area contributed by atoms with E-state index in [0.717, 1.165) is 27.0 Å². The van der Waals surface area contributed by atoms with Gasteiger partial charge in [-0.05, 0) is 79.1 Å². The highest BCUT2D eigenvalue weighted by atomic mass is 35.5. The Balaban J connectivity index is 1.59. The van der Waals surface area contributed by atoms with Gasteiger partial charge in [0.1, 0.15) is 11.2 Å². The van der Waals surface area contributed by atoms with E-state index in [1.807, 2.05) is 12.1 Å². The van der Waals surface area contributed by atoms with E-state index in [1.165, 1.54) is 55.6 Å². The van der Waals surface area contributed by atoms with Gasteiger partial charge in [-0.2, -0.15) is 0 Å². The molecule has 0 saturated carbocycles. The molecule has 1 heterocycles. The fraction of sp³-hybridized carbons (Fsp3) is 0.231. The summed E-state index contributed by atoms with van der Waals surface area (Å²) in [6, 6.07) is 33.7. The number of benzene rings is 5. The van der Waals surface area contributed by atoms with E-state index in [1.54, 1.807) is 0 Å². The quantitative estimate of drug-likeness (QED) is 0.182. The van der Waals surface area contributed by atoms with Crippen molar-refractivity contribution < 1.29 is 4.42 Å². The first-order valence-corrected chi connectivity index (χ1v) is 14.9. The first kappa shape index (κ1) is 24.9. The van der Waals surface area contributed by atoms with Gasteiger partial charge in [-0.15, -0.1) is 0 Å². The second-order valence-electron chi connectivity index (χ2n) is 13.9. The third kappa shape index (κ3) is 3.19. The second-order valence-corrected chi connectivity index (χ2v) is 14.4. The summed E-state index contributed by atoms with van der Waals surface area (Å²) in [5.41, 5.74) is 14.3. The van der Waals surface area contributed by atoms with Crippen molar-refractivity contribution in [3.63, 3.8) is 0 Å². The van der Waals surface area contributed by atoms with Crippen molar-refractivity contribution in [2.75, 3.05) is 0 Å². The van der Waals surface area contributed by atoms with Gasteiger partial charge in [0.15, 0.2) is 0 Å². The number of hydrogen-bond donors (Lipinski definition) is 0. The fourth-order valence-electron chi connectivity index (χ4n) is 7.40. The van der Waals surface area contributed by atoms with E-state index in [0.29, 0.717) is 0 Å². The molecular weight excluding hydrogens is 520 g/mol. The minimum atomic E-state index is -0.490. The van der Waals surface area contributed by atoms with Crippen LogP contribution in [-0.2, 0) is 16.2 Å². The third-order valence-electron chi connectivity index (χ3n) is 9.48. The van der Waals surface area contributed by atoms with Crippen LogP contribution in [-0.4, -0.2) is 0 Å². The third-order valence-corrected chi connectivity index (χ3v) is 9.71. The Labute approximate surface area is 246 Å². The van der Waals surface area contributed by atoms with Crippen molar-refractivity contribution in [3.05, 3.63) is 129 Å². The largest absolute Gasteiger partial charge is 0.455 e. The van der Waals surface area contributed by atoms with Gasteiger partial charge in [0, 0.05) is 21.4 Å². The molecule has 2 heteroatoms. The van der Waals surface area contributed by atoms with Crippen molar-refractivity contribution in [3.8, 4) is 22.3 Å². The first-order valence-electron chi connectivity index (χ1n) is 14.5. The maximum atomic E-state index is 6.85. The standard InChI is InChI=1S/C39H33ClO/c1-37(2,3)22-11-14-25-26-15-12-23(38(4,5)6)20-32(26)39(31(25)19-22)30-18-17-28-27-9-7-8-10-34(27)41-36(28)35(30)29-16-13-24(40)21-33(29)39/h7-21H,1-6H3. The summed E-state index contributed by atoms with van der Waals surface area (Å²) in [7, 11) is 0. The summed E-state index contributed by atoms with van der Waals surface area (Å²) < 4.78 is 6.68. The smallest absolute Gasteiger partial charge is 0.143 e. The van der Waals surface area contributed by atoms with Crippen LogP contribution in [0, 0.1) is 0 Å². The highest BCUT2D eigenvalue weighted by Crippen LogP contribution is 2.65. The molecule has 0 radical (unpaired) electrons. The van der Waals surface area contributed by atoms with Gasteiger partial charge >= 0.3 is 0 Å². The zero-order valence-electron chi connectivity index (χ0n) is 24.4. The number of rotatable bonds is 0. The van der Waals surface area contributed by atoms with Gasteiger partial charge in [-0.25, -0.2) is 0 Å². The number of para-hydroxylation sites is 1. The summed E-state index contributed by atoms with van der Waals surface area (Å²) in [6.07, 6.45) is 0. The van der Waals surface area contributed by atoms with Crippen LogP contribution in [0.15, 0.2) is 95.4 Å². The van der Waals surface area contributed by atoms with Gasteiger partial charge in [0.05, 0.1) is 5.41 Å². The molecule has 41 heavy (non-hydrogen) atoms. The van der Waals surface area contributed by atoms with Crippen molar-refractivity contribution >= 4 is 33.5 Å². The van der Waals surface area contributed by atoms with E-state index in [2.05, 4.69) is 120 Å². The number of fused-ring (bicyclic) bond motifs is 14. The van der Waals surface area contributed by atoms with E-state index in [4.69, 9.17) is 16.0 Å². The van der Waals surface area contributed by atoms with Crippen LogP contribution in [0.4, 0.5) is 0 Å². The Morgan fingerprint density at radius 1 is 0.561 bits per heavy atom. The molecular formula is C39H33ClO. The van der Waals surface area contributed by atoms with Crippen LogP contribution in [0.1, 0.15) is 74.9 Å². The summed E-state index contributed by atoms with van der Waals surface area (Å²) in [5.74, 6) is 0. The SMILES string of the molecule is CC(C)(C)c1ccc2c(c1)C1(c3cc(C(C)(C)C)ccc3-2)c2cc(Cl)ccc2-c2c1ccc1c2oc2ccccc21. The first-order chi connectivity index (χ1) is 19.5. The molecule has 8 rings (SSSR count). The Morgan fingerprint density at radius 2 is 1.15 bits per heavy atom. The van der Waals surface area contributed by atoms with Gasteiger partial charge in [0.2, 0.25) is 0 Å². The maximum Gasteiger partial charge on any atom is 0.143 e. The summed E-state index contributed by atoms with van der Waals surface area (Å²) in [4.78, 5) is 0. The number of halogens is 1.